The molecule has 2 aromatic rings. The summed E-state index contributed by atoms with van der Waals surface area (Å²) in [5.41, 5.74) is 2.66. The Balaban J connectivity index is 1.26. The van der Waals surface area contributed by atoms with E-state index in [0.717, 1.165) is 56.0 Å². The fourth-order valence-corrected chi connectivity index (χ4v) is 7.31. The third kappa shape index (κ3) is 4.01. The van der Waals surface area contributed by atoms with Crippen molar-refractivity contribution in [2.75, 3.05) is 24.5 Å². The molecule has 10 heteroatoms. The van der Waals surface area contributed by atoms with Gasteiger partial charge < -0.3 is 0 Å². The molecule has 1 saturated carbocycles. The first kappa shape index (κ1) is 21.4. The summed E-state index contributed by atoms with van der Waals surface area (Å²) in [6.07, 6.45) is 10.1. The highest BCUT2D eigenvalue weighted by molar-refractivity contribution is 7.89. The summed E-state index contributed by atoms with van der Waals surface area (Å²) in [4.78, 5) is 25.3. The SMILES string of the molecule is O=C1CCN(c2cnn3ccc(CC4CCN(S(=O)(=O)C5CCCC5)CC4)cc23)C(=O)N1. The zero-order valence-electron chi connectivity index (χ0n) is 18.1. The lowest BCUT2D eigenvalue weighted by Crippen LogP contribution is -2.49. The quantitative estimate of drug-likeness (QED) is 0.739. The zero-order chi connectivity index (χ0) is 22.3. The maximum atomic E-state index is 12.9. The third-order valence-electron chi connectivity index (χ3n) is 7.09. The molecule has 5 rings (SSSR count). The van der Waals surface area contributed by atoms with Gasteiger partial charge in [-0.3, -0.25) is 15.0 Å². The largest absolute Gasteiger partial charge is 0.328 e. The Kier molecular flexibility index (Phi) is 5.66. The molecule has 4 heterocycles. The maximum Gasteiger partial charge on any atom is 0.328 e. The van der Waals surface area contributed by atoms with Crippen molar-refractivity contribution >= 4 is 33.2 Å². The Morgan fingerprint density at radius 2 is 1.81 bits per heavy atom. The van der Waals surface area contributed by atoms with Crippen molar-refractivity contribution in [3.63, 3.8) is 0 Å². The molecule has 2 saturated heterocycles. The summed E-state index contributed by atoms with van der Waals surface area (Å²) in [5.74, 6) is 0.166. The van der Waals surface area contributed by atoms with E-state index in [1.165, 1.54) is 0 Å². The molecule has 3 fully saturated rings. The van der Waals surface area contributed by atoms with Crippen LogP contribution in [0.3, 0.4) is 0 Å². The van der Waals surface area contributed by atoms with Gasteiger partial charge in [-0.1, -0.05) is 12.8 Å². The highest BCUT2D eigenvalue weighted by Gasteiger charge is 2.36. The second-order valence-electron chi connectivity index (χ2n) is 9.15. The molecule has 0 bridgehead atoms. The molecule has 0 aromatic carbocycles. The first-order valence-electron chi connectivity index (χ1n) is 11.5. The monoisotopic (exact) mass is 459 g/mol. The number of hydrogen-bond donors (Lipinski definition) is 1. The van der Waals surface area contributed by atoms with Crippen LogP contribution in [0.1, 0.15) is 50.5 Å². The molecule has 0 unspecified atom stereocenters. The lowest BCUT2D eigenvalue weighted by Gasteiger charge is -2.33. The summed E-state index contributed by atoms with van der Waals surface area (Å²) in [6, 6.07) is 3.66. The van der Waals surface area contributed by atoms with Crippen molar-refractivity contribution in [3.8, 4) is 0 Å². The summed E-state index contributed by atoms with van der Waals surface area (Å²) < 4.78 is 29.2. The van der Waals surface area contributed by atoms with E-state index in [0.29, 0.717) is 31.2 Å². The molecule has 9 nitrogen and oxygen atoms in total. The molecular formula is C22H29N5O4S. The predicted octanol–water partition coefficient (Wildman–Crippen LogP) is 2.31. The van der Waals surface area contributed by atoms with Crippen molar-refractivity contribution < 1.29 is 18.0 Å². The van der Waals surface area contributed by atoms with Gasteiger partial charge in [0.25, 0.3) is 0 Å². The maximum absolute atomic E-state index is 12.9. The Bertz CT molecular complexity index is 1130. The molecule has 172 valence electrons. The number of pyridine rings is 1. The van der Waals surface area contributed by atoms with Crippen LogP contribution in [0.5, 0.6) is 0 Å². The van der Waals surface area contributed by atoms with Gasteiger partial charge in [0, 0.05) is 32.3 Å². The first-order valence-corrected chi connectivity index (χ1v) is 13.0. The highest BCUT2D eigenvalue weighted by atomic mass is 32.2. The van der Waals surface area contributed by atoms with Gasteiger partial charge in [0.15, 0.2) is 0 Å². The summed E-state index contributed by atoms with van der Waals surface area (Å²) in [7, 11) is -3.15. The van der Waals surface area contributed by atoms with E-state index in [1.807, 2.05) is 18.3 Å². The number of urea groups is 1. The van der Waals surface area contributed by atoms with Gasteiger partial charge in [0.1, 0.15) is 0 Å². The van der Waals surface area contributed by atoms with Crippen molar-refractivity contribution in [2.24, 2.45) is 5.92 Å². The van der Waals surface area contributed by atoms with Gasteiger partial charge in [0.05, 0.1) is 22.7 Å². The molecule has 0 radical (unpaired) electrons. The number of hydrogen-bond acceptors (Lipinski definition) is 5. The number of amides is 3. The van der Waals surface area contributed by atoms with Gasteiger partial charge >= 0.3 is 6.03 Å². The number of rotatable bonds is 5. The second kappa shape index (κ2) is 8.47. The standard InChI is InChI=1S/C22H29N5O4S/c28-21-8-11-26(22(29)24-21)20-15-23-27-12-7-17(14-19(20)27)13-16-5-9-25(10-6-16)32(30,31)18-3-1-2-4-18/h7,12,14-16,18H,1-6,8-11,13H2,(H,24,28,29). The number of imide groups is 1. The van der Waals surface area contributed by atoms with Gasteiger partial charge in [-0.2, -0.15) is 5.10 Å². The number of fused-ring (bicyclic) bond motifs is 1. The van der Waals surface area contributed by atoms with Crippen LogP contribution in [0.2, 0.25) is 0 Å². The van der Waals surface area contributed by atoms with Crippen LogP contribution in [-0.2, 0) is 21.2 Å². The average Bonchev–Trinajstić information content (AvgIpc) is 3.45. The summed E-state index contributed by atoms with van der Waals surface area (Å²) in [6.45, 7) is 1.54. The van der Waals surface area contributed by atoms with Crippen molar-refractivity contribution in [1.29, 1.82) is 0 Å². The molecule has 1 aliphatic carbocycles. The van der Waals surface area contributed by atoms with Gasteiger partial charge in [-0.05, 0) is 55.7 Å². The second-order valence-corrected chi connectivity index (χ2v) is 11.4. The van der Waals surface area contributed by atoms with E-state index in [4.69, 9.17) is 0 Å². The van der Waals surface area contributed by atoms with E-state index in [-0.39, 0.29) is 17.6 Å². The van der Waals surface area contributed by atoms with Crippen molar-refractivity contribution in [1.82, 2.24) is 19.2 Å². The zero-order valence-corrected chi connectivity index (χ0v) is 18.9. The van der Waals surface area contributed by atoms with Crippen LogP contribution >= 0.6 is 0 Å². The minimum atomic E-state index is -3.15. The fraction of sp³-hybridized carbons (Fsp3) is 0.591. The molecule has 2 aromatic heterocycles. The van der Waals surface area contributed by atoms with Gasteiger partial charge in [-0.25, -0.2) is 22.0 Å². The Morgan fingerprint density at radius 1 is 1.06 bits per heavy atom. The number of anilines is 1. The van der Waals surface area contributed by atoms with E-state index in [2.05, 4.69) is 10.4 Å². The van der Waals surface area contributed by atoms with Gasteiger partial charge in [0.2, 0.25) is 15.9 Å². The van der Waals surface area contributed by atoms with Gasteiger partial charge in [-0.15, -0.1) is 0 Å². The van der Waals surface area contributed by atoms with Crippen LogP contribution in [-0.4, -0.2) is 59.2 Å². The highest BCUT2D eigenvalue weighted by Crippen LogP contribution is 2.31. The van der Waals surface area contributed by atoms with Crippen LogP contribution < -0.4 is 10.2 Å². The van der Waals surface area contributed by atoms with Crippen LogP contribution in [0.4, 0.5) is 10.5 Å². The molecule has 3 amide bonds. The number of sulfonamides is 1. The van der Waals surface area contributed by atoms with Crippen LogP contribution in [0, 0.1) is 5.92 Å². The Morgan fingerprint density at radius 3 is 2.53 bits per heavy atom. The van der Waals surface area contributed by atoms with E-state index >= 15 is 0 Å². The first-order chi connectivity index (χ1) is 15.4. The molecule has 0 atom stereocenters. The van der Waals surface area contributed by atoms with E-state index < -0.39 is 16.1 Å². The number of carbonyl (C=O) groups excluding carboxylic acids is 2. The molecule has 2 aliphatic heterocycles. The van der Waals surface area contributed by atoms with E-state index in [1.54, 1.807) is 19.9 Å². The Labute approximate surface area is 187 Å². The smallest absolute Gasteiger partial charge is 0.290 e. The lowest BCUT2D eigenvalue weighted by molar-refractivity contribution is -0.120. The van der Waals surface area contributed by atoms with Crippen molar-refractivity contribution in [2.45, 2.75) is 56.6 Å². The Hall–Kier alpha value is -2.46. The molecule has 1 N–H and O–H groups in total. The topological polar surface area (TPSA) is 104 Å². The molecular weight excluding hydrogens is 430 g/mol. The summed E-state index contributed by atoms with van der Waals surface area (Å²) in [5, 5.41) is 6.53. The predicted molar refractivity (Wildman–Crippen MR) is 120 cm³/mol. The minimum absolute atomic E-state index is 0.177. The molecule has 0 spiro atoms. The number of nitrogens with one attached hydrogen (secondary N) is 1. The van der Waals surface area contributed by atoms with Crippen LogP contribution in [0.25, 0.3) is 5.52 Å². The lowest BCUT2D eigenvalue weighted by atomic mass is 9.91. The normalized spacial score (nSPS) is 22.1. The average molecular weight is 460 g/mol. The molecule has 3 aliphatic rings. The third-order valence-corrected chi connectivity index (χ3v) is 9.49. The van der Waals surface area contributed by atoms with Crippen molar-refractivity contribution in [3.05, 3.63) is 30.1 Å². The van der Waals surface area contributed by atoms with Crippen LogP contribution in [0.15, 0.2) is 24.5 Å². The fourth-order valence-electron chi connectivity index (χ4n) is 5.24. The number of piperidine rings is 1. The minimum Gasteiger partial charge on any atom is -0.290 e. The molecule has 32 heavy (non-hydrogen) atoms. The number of carbonyl (C=O) groups is 2. The number of aromatic nitrogens is 2. The number of nitrogens with zero attached hydrogens (tertiary/aromatic N) is 4. The summed E-state index contributed by atoms with van der Waals surface area (Å²) >= 11 is 0. The van der Waals surface area contributed by atoms with E-state index in [9.17, 15) is 18.0 Å².